The molecule has 0 aliphatic carbocycles. The molecule has 0 bridgehead atoms. The Hall–Kier alpha value is -3.12. The van der Waals surface area contributed by atoms with Gasteiger partial charge in [0.25, 0.3) is 0 Å². The SMILES string of the molecule is CC1CN(Cc2ccc(N3CCOCC3)cc2C(F)(F)F)CCN1C(=O)On1c(O)ccc1O. The third-order valence-corrected chi connectivity index (χ3v) is 6.08. The number of anilines is 1. The molecule has 0 radical (unpaired) electrons. The highest BCUT2D eigenvalue weighted by Gasteiger charge is 2.36. The molecule has 2 aliphatic heterocycles. The van der Waals surface area contributed by atoms with Crippen LogP contribution in [0.25, 0.3) is 0 Å². The molecule has 12 heteroatoms. The minimum absolute atomic E-state index is 0.0879. The van der Waals surface area contributed by atoms with E-state index in [1.54, 1.807) is 13.0 Å². The molecule has 0 saturated carbocycles. The van der Waals surface area contributed by atoms with Crippen molar-refractivity contribution in [2.75, 3.05) is 50.8 Å². The molecule has 1 amide bonds. The number of ether oxygens (including phenoxy) is 1. The second-order valence-corrected chi connectivity index (χ2v) is 8.42. The smallest absolute Gasteiger partial charge is 0.435 e. The minimum Gasteiger partial charge on any atom is -0.492 e. The van der Waals surface area contributed by atoms with Crippen molar-refractivity contribution in [1.29, 1.82) is 0 Å². The number of nitrogens with zero attached hydrogens (tertiary/aromatic N) is 4. The van der Waals surface area contributed by atoms with Crippen molar-refractivity contribution in [3.8, 4) is 11.8 Å². The standard InChI is InChI=1S/C22H27F3N4O5/c1-15-13-26(6-7-28(15)21(32)34-29-19(30)4-5-20(29)31)14-16-2-3-17(12-18(16)22(23,24)25)27-8-10-33-11-9-27/h2-5,12,15,30-31H,6-11,13-14H2,1H3. The Labute approximate surface area is 194 Å². The maximum Gasteiger partial charge on any atom is 0.435 e. The number of piperazine rings is 1. The summed E-state index contributed by atoms with van der Waals surface area (Å²) in [5.74, 6) is -0.866. The van der Waals surface area contributed by atoms with E-state index in [1.165, 1.54) is 29.2 Å². The van der Waals surface area contributed by atoms with Gasteiger partial charge in [-0.25, -0.2) is 4.79 Å². The fourth-order valence-corrected chi connectivity index (χ4v) is 4.30. The van der Waals surface area contributed by atoms with Crippen LogP contribution >= 0.6 is 0 Å². The Morgan fingerprint density at radius 2 is 1.76 bits per heavy atom. The van der Waals surface area contributed by atoms with Crippen LogP contribution in [0.4, 0.5) is 23.7 Å². The second kappa shape index (κ2) is 9.63. The number of hydrogen-bond donors (Lipinski definition) is 2. The quantitative estimate of drug-likeness (QED) is 0.689. The van der Waals surface area contributed by atoms with Gasteiger partial charge in [-0.1, -0.05) is 6.07 Å². The number of halogens is 3. The Balaban J connectivity index is 1.43. The average molecular weight is 484 g/mol. The maximum absolute atomic E-state index is 13.9. The lowest BCUT2D eigenvalue weighted by molar-refractivity contribution is -0.138. The number of alkyl halides is 3. The molecule has 9 nitrogen and oxygen atoms in total. The van der Waals surface area contributed by atoms with Crippen LogP contribution in [0.3, 0.4) is 0 Å². The van der Waals surface area contributed by atoms with Gasteiger partial charge in [0.15, 0.2) is 0 Å². The van der Waals surface area contributed by atoms with Gasteiger partial charge >= 0.3 is 12.3 Å². The average Bonchev–Trinajstić information content (AvgIpc) is 3.11. The zero-order valence-electron chi connectivity index (χ0n) is 18.7. The second-order valence-electron chi connectivity index (χ2n) is 8.42. The summed E-state index contributed by atoms with van der Waals surface area (Å²) >= 11 is 0. The van der Waals surface area contributed by atoms with Gasteiger partial charge in [-0.3, -0.25) is 4.90 Å². The number of aromatic hydroxyl groups is 2. The first-order chi connectivity index (χ1) is 16.1. The number of aromatic nitrogens is 1. The fraction of sp³-hybridized carbons (Fsp3) is 0.500. The zero-order valence-corrected chi connectivity index (χ0v) is 18.7. The molecule has 1 aromatic carbocycles. The molecule has 186 valence electrons. The van der Waals surface area contributed by atoms with Crippen LogP contribution in [0.5, 0.6) is 11.8 Å². The van der Waals surface area contributed by atoms with Crippen molar-refractivity contribution in [1.82, 2.24) is 14.5 Å². The van der Waals surface area contributed by atoms with E-state index in [2.05, 4.69) is 0 Å². The first kappa shape index (κ1) is 24.0. The Bertz CT molecular complexity index is 1000. The van der Waals surface area contributed by atoms with E-state index in [1.807, 2.05) is 9.80 Å². The summed E-state index contributed by atoms with van der Waals surface area (Å²) in [5, 5.41) is 19.3. The number of amides is 1. The van der Waals surface area contributed by atoms with E-state index in [0.29, 0.717) is 49.8 Å². The number of benzene rings is 1. The largest absolute Gasteiger partial charge is 0.492 e. The van der Waals surface area contributed by atoms with E-state index in [-0.39, 0.29) is 24.7 Å². The van der Waals surface area contributed by atoms with Gasteiger partial charge in [0.2, 0.25) is 11.8 Å². The molecule has 2 fully saturated rings. The summed E-state index contributed by atoms with van der Waals surface area (Å²) in [6.45, 7) is 4.80. The summed E-state index contributed by atoms with van der Waals surface area (Å²) in [7, 11) is 0. The normalized spacial score (nSPS) is 19.9. The topological polar surface area (TPSA) is 90.6 Å². The van der Waals surface area contributed by atoms with Crippen LogP contribution in [-0.2, 0) is 17.5 Å². The first-order valence-electron chi connectivity index (χ1n) is 11.0. The summed E-state index contributed by atoms with van der Waals surface area (Å²) in [4.78, 5) is 22.7. The molecule has 2 aromatic rings. The van der Waals surface area contributed by atoms with Gasteiger partial charge in [0.05, 0.1) is 18.8 Å². The number of morpholine rings is 1. The van der Waals surface area contributed by atoms with Gasteiger partial charge in [-0.15, -0.1) is 4.73 Å². The van der Waals surface area contributed by atoms with E-state index >= 15 is 0 Å². The van der Waals surface area contributed by atoms with Crippen molar-refractivity contribution in [3.63, 3.8) is 0 Å². The van der Waals surface area contributed by atoms with Gasteiger partial charge in [0.1, 0.15) is 0 Å². The summed E-state index contributed by atoms with van der Waals surface area (Å²) in [6.07, 6.45) is -5.27. The summed E-state index contributed by atoms with van der Waals surface area (Å²) in [5.41, 5.74) is 0.0382. The van der Waals surface area contributed by atoms with Gasteiger partial charge in [-0.2, -0.15) is 13.2 Å². The van der Waals surface area contributed by atoms with Crippen molar-refractivity contribution in [2.45, 2.75) is 25.7 Å². The molecule has 0 spiro atoms. The zero-order chi connectivity index (χ0) is 24.5. The molecule has 2 N–H and O–H groups in total. The van der Waals surface area contributed by atoms with Crippen LogP contribution in [0.1, 0.15) is 18.1 Å². The third-order valence-electron chi connectivity index (χ3n) is 6.08. The number of carbonyl (C=O) groups is 1. The predicted octanol–water partition coefficient (Wildman–Crippen LogP) is 2.51. The maximum atomic E-state index is 13.9. The van der Waals surface area contributed by atoms with Crippen LogP contribution in [0.2, 0.25) is 0 Å². The Kier molecular flexibility index (Phi) is 6.80. The lowest BCUT2D eigenvalue weighted by Gasteiger charge is -2.39. The monoisotopic (exact) mass is 484 g/mol. The fourth-order valence-electron chi connectivity index (χ4n) is 4.30. The van der Waals surface area contributed by atoms with Gasteiger partial charge in [-0.05, 0) is 24.6 Å². The third kappa shape index (κ3) is 5.17. The molecule has 3 heterocycles. The predicted molar refractivity (Wildman–Crippen MR) is 116 cm³/mol. The Morgan fingerprint density at radius 1 is 1.09 bits per heavy atom. The van der Waals surface area contributed by atoms with Gasteiger partial charge < -0.3 is 29.6 Å². The van der Waals surface area contributed by atoms with E-state index in [0.717, 1.165) is 0 Å². The van der Waals surface area contributed by atoms with Crippen molar-refractivity contribution in [2.24, 2.45) is 0 Å². The molecule has 2 aliphatic rings. The van der Waals surface area contributed by atoms with E-state index in [9.17, 15) is 28.2 Å². The van der Waals surface area contributed by atoms with Gasteiger partial charge in [0, 0.05) is 63.1 Å². The molecule has 2 saturated heterocycles. The lowest BCUT2D eigenvalue weighted by Crippen LogP contribution is -2.55. The van der Waals surface area contributed by atoms with Crippen LogP contribution < -0.4 is 9.74 Å². The van der Waals surface area contributed by atoms with Crippen LogP contribution in [0, 0.1) is 0 Å². The molecule has 34 heavy (non-hydrogen) atoms. The van der Waals surface area contributed by atoms with Crippen LogP contribution in [-0.4, -0.2) is 82.8 Å². The molecule has 1 unspecified atom stereocenters. The molecule has 1 atom stereocenters. The lowest BCUT2D eigenvalue weighted by atomic mass is 10.0. The summed E-state index contributed by atoms with van der Waals surface area (Å²) in [6, 6.07) is 6.43. The molecule has 1 aromatic heterocycles. The highest BCUT2D eigenvalue weighted by Crippen LogP contribution is 2.35. The number of rotatable bonds is 4. The summed E-state index contributed by atoms with van der Waals surface area (Å²) < 4.78 is 47.5. The molecular weight excluding hydrogens is 457 g/mol. The van der Waals surface area contributed by atoms with Crippen molar-refractivity contribution >= 4 is 11.8 Å². The van der Waals surface area contributed by atoms with Crippen LogP contribution in [0.15, 0.2) is 30.3 Å². The van der Waals surface area contributed by atoms with Crippen molar-refractivity contribution in [3.05, 3.63) is 41.5 Å². The number of hydrogen-bond acceptors (Lipinski definition) is 7. The van der Waals surface area contributed by atoms with E-state index in [4.69, 9.17) is 9.57 Å². The Morgan fingerprint density at radius 3 is 2.38 bits per heavy atom. The first-order valence-corrected chi connectivity index (χ1v) is 11.0. The van der Waals surface area contributed by atoms with E-state index < -0.39 is 29.6 Å². The highest BCUT2D eigenvalue weighted by atomic mass is 19.4. The van der Waals surface area contributed by atoms with Crippen molar-refractivity contribution < 1.29 is 37.8 Å². The number of carbonyl (C=O) groups excluding carboxylic acids is 1. The molecule has 4 rings (SSSR count). The molecular formula is C22H27F3N4O5. The minimum atomic E-state index is -4.49. The highest BCUT2D eigenvalue weighted by molar-refractivity contribution is 5.68.